The second kappa shape index (κ2) is 10.3. The molecule has 4 aromatic rings. The van der Waals surface area contributed by atoms with E-state index in [1.54, 1.807) is 29.3 Å². The lowest BCUT2D eigenvalue weighted by molar-refractivity contribution is -0.118. The standard InChI is InChI=1S/C26H27N3OS2/c1-18(2)22-7-4-8-23-25(22)28-26(32-23)29(17-20-6-5-14-27-16-20)24(30)13-15-31-21-11-9-19(3)10-12-21/h4-12,14,16,18H,13,15,17H2,1-3H3. The Bertz CT molecular complexity index is 1190. The van der Waals surface area contributed by atoms with Gasteiger partial charge in [0.05, 0.1) is 16.8 Å². The van der Waals surface area contributed by atoms with Crippen molar-refractivity contribution in [3.05, 3.63) is 83.7 Å². The molecule has 1 amide bonds. The number of thiazole rings is 1. The molecule has 0 spiro atoms. The Morgan fingerprint density at radius 2 is 1.91 bits per heavy atom. The first-order valence-electron chi connectivity index (χ1n) is 10.8. The van der Waals surface area contributed by atoms with Crippen molar-refractivity contribution in [3.63, 3.8) is 0 Å². The number of hydrogen-bond donors (Lipinski definition) is 0. The van der Waals surface area contributed by atoms with Crippen LogP contribution in [0.5, 0.6) is 0 Å². The number of benzene rings is 2. The number of fused-ring (bicyclic) bond motifs is 1. The van der Waals surface area contributed by atoms with Gasteiger partial charge in [0.25, 0.3) is 0 Å². The van der Waals surface area contributed by atoms with Crippen LogP contribution >= 0.6 is 23.1 Å². The van der Waals surface area contributed by atoms with Crippen LogP contribution in [0.2, 0.25) is 0 Å². The molecule has 0 saturated carbocycles. The van der Waals surface area contributed by atoms with E-state index in [0.717, 1.165) is 26.7 Å². The van der Waals surface area contributed by atoms with Gasteiger partial charge in [0.15, 0.2) is 5.13 Å². The van der Waals surface area contributed by atoms with Gasteiger partial charge in [0.2, 0.25) is 5.91 Å². The van der Waals surface area contributed by atoms with Crippen molar-refractivity contribution in [2.24, 2.45) is 0 Å². The number of amides is 1. The maximum Gasteiger partial charge on any atom is 0.229 e. The molecule has 0 aliphatic heterocycles. The van der Waals surface area contributed by atoms with E-state index in [2.05, 4.69) is 68.2 Å². The van der Waals surface area contributed by atoms with E-state index in [9.17, 15) is 4.79 Å². The molecule has 0 aliphatic rings. The Balaban J connectivity index is 1.57. The molecule has 0 N–H and O–H groups in total. The summed E-state index contributed by atoms with van der Waals surface area (Å²) in [5, 5.41) is 0.752. The number of aryl methyl sites for hydroxylation is 1. The highest BCUT2D eigenvalue weighted by atomic mass is 32.2. The quantitative estimate of drug-likeness (QED) is 0.270. The zero-order valence-electron chi connectivity index (χ0n) is 18.6. The highest BCUT2D eigenvalue weighted by Gasteiger charge is 2.21. The fourth-order valence-corrected chi connectivity index (χ4v) is 5.36. The van der Waals surface area contributed by atoms with Crippen molar-refractivity contribution in [1.29, 1.82) is 0 Å². The highest BCUT2D eigenvalue weighted by molar-refractivity contribution is 7.99. The largest absolute Gasteiger partial charge is 0.284 e. The lowest BCUT2D eigenvalue weighted by Crippen LogP contribution is -2.30. The molecule has 0 aliphatic carbocycles. The van der Waals surface area contributed by atoms with Gasteiger partial charge in [-0.2, -0.15) is 0 Å². The summed E-state index contributed by atoms with van der Waals surface area (Å²) >= 11 is 3.29. The van der Waals surface area contributed by atoms with Gasteiger partial charge in [0, 0.05) is 29.5 Å². The number of carbonyl (C=O) groups excluding carboxylic acids is 1. The second-order valence-corrected chi connectivity index (χ2v) is 10.3. The van der Waals surface area contributed by atoms with Gasteiger partial charge < -0.3 is 0 Å². The van der Waals surface area contributed by atoms with Crippen LogP contribution in [-0.2, 0) is 11.3 Å². The summed E-state index contributed by atoms with van der Waals surface area (Å²) in [6, 6.07) is 18.6. The first-order chi connectivity index (χ1) is 15.5. The summed E-state index contributed by atoms with van der Waals surface area (Å²) in [5.74, 6) is 1.19. The number of carbonyl (C=O) groups is 1. The Morgan fingerprint density at radius 1 is 1.09 bits per heavy atom. The third-order valence-corrected chi connectivity index (χ3v) is 7.32. The molecule has 0 fully saturated rings. The first kappa shape index (κ1) is 22.5. The fraction of sp³-hybridized carbons (Fsp3) is 0.269. The minimum Gasteiger partial charge on any atom is -0.284 e. The Labute approximate surface area is 197 Å². The van der Waals surface area contributed by atoms with Gasteiger partial charge in [-0.05, 0) is 48.2 Å². The number of anilines is 1. The highest BCUT2D eigenvalue weighted by Crippen LogP contribution is 2.34. The van der Waals surface area contributed by atoms with Gasteiger partial charge in [-0.15, -0.1) is 11.8 Å². The summed E-state index contributed by atoms with van der Waals surface area (Å²) in [6.45, 7) is 6.90. The third-order valence-electron chi connectivity index (χ3n) is 5.26. The van der Waals surface area contributed by atoms with Crippen LogP contribution in [0, 0.1) is 6.92 Å². The molecule has 6 heteroatoms. The van der Waals surface area contributed by atoms with E-state index < -0.39 is 0 Å². The molecular formula is C26H27N3OS2. The SMILES string of the molecule is Cc1ccc(SCCC(=O)N(Cc2cccnc2)c2nc3c(C(C)C)cccc3s2)cc1. The van der Waals surface area contributed by atoms with Gasteiger partial charge in [-0.3, -0.25) is 14.7 Å². The summed E-state index contributed by atoms with van der Waals surface area (Å²) in [4.78, 5) is 25.5. The number of rotatable bonds is 8. The van der Waals surface area contributed by atoms with Crippen LogP contribution in [0.3, 0.4) is 0 Å². The van der Waals surface area contributed by atoms with Crippen molar-refractivity contribution in [2.45, 2.75) is 44.6 Å². The van der Waals surface area contributed by atoms with Crippen LogP contribution in [-0.4, -0.2) is 21.6 Å². The van der Waals surface area contributed by atoms with E-state index >= 15 is 0 Å². The van der Waals surface area contributed by atoms with Crippen molar-refractivity contribution in [3.8, 4) is 0 Å². The van der Waals surface area contributed by atoms with Crippen LogP contribution in [0.1, 0.15) is 42.9 Å². The van der Waals surface area contributed by atoms with Crippen LogP contribution in [0.15, 0.2) is 71.9 Å². The molecule has 0 bridgehead atoms. The maximum absolute atomic E-state index is 13.3. The molecule has 164 valence electrons. The first-order valence-corrected chi connectivity index (χ1v) is 12.6. The van der Waals surface area contributed by atoms with E-state index in [1.165, 1.54) is 16.0 Å². The van der Waals surface area contributed by atoms with Gasteiger partial charge in [0.1, 0.15) is 0 Å². The monoisotopic (exact) mass is 461 g/mol. The topological polar surface area (TPSA) is 46.1 Å². The molecular weight excluding hydrogens is 434 g/mol. The molecule has 0 unspecified atom stereocenters. The third kappa shape index (κ3) is 5.37. The number of aromatic nitrogens is 2. The smallest absolute Gasteiger partial charge is 0.229 e. The number of nitrogens with zero attached hydrogens (tertiary/aromatic N) is 3. The molecule has 2 heterocycles. The number of pyridine rings is 1. The van der Waals surface area contributed by atoms with E-state index in [1.807, 2.05) is 23.2 Å². The molecule has 2 aromatic heterocycles. The van der Waals surface area contributed by atoms with E-state index in [0.29, 0.717) is 18.9 Å². The lowest BCUT2D eigenvalue weighted by Gasteiger charge is -2.20. The molecule has 0 radical (unpaired) electrons. The van der Waals surface area contributed by atoms with Crippen LogP contribution in [0.25, 0.3) is 10.2 Å². The van der Waals surface area contributed by atoms with Crippen LogP contribution in [0.4, 0.5) is 5.13 Å². The molecule has 4 nitrogen and oxygen atoms in total. The number of hydrogen-bond acceptors (Lipinski definition) is 5. The predicted molar refractivity (Wildman–Crippen MR) is 136 cm³/mol. The minimum atomic E-state index is 0.0821. The minimum absolute atomic E-state index is 0.0821. The normalized spacial score (nSPS) is 11.2. The van der Waals surface area contributed by atoms with Crippen LogP contribution < -0.4 is 4.90 Å². The Kier molecular flexibility index (Phi) is 7.22. The summed E-state index contributed by atoms with van der Waals surface area (Å²) < 4.78 is 1.12. The number of thioether (sulfide) groups is 1. The van der Waals surface area contributed by atoms with Crippen molar-refractivity contribution >= 4 is 44.4 Å². The molecule has 2 aromatic carbocycles. The average Bonchev–Trinajstić information content (AvgIpc) is 3.23. The number of para-hydroxylation sites is 1. The lowest BCUT2D eigenvalue weighted by atomic mass is 10.0. The Morgan fingerprint density at radius 3 is 2.62 bits per heavy atom. The van der Waals surface area contributed by atoms with Crippen molar-refractivity contribution in [1.82, 2.24) is 9.97 Å². The molecule has 4 rings (SSSR count). The van der Waals surface area contributed by atoms with Gasteiger partial charge in [-0.25, -0.2) is 4.98 Å². The fourth-order valence-electron chi connectivity index (χ4n) is 3.50. The Hall–Kier alpha value is -2.70. The average molecular weight is 462 g/mol. The summed E-state index contributed by atoms with van der Waals surface area (Å²) in [6.07, 6.45) is 4.01. The van der Waals surface area contributed by atoms with Gasteiger partial charge in [-0.1, -0.05) is 61.1 Å². The maximum atomic E-state index is 13.3. The molecule has 0 saturated heterocycles. The predicted octanol–water partition coefficient (Wildman–Crippen LogP) is 6.84. The summed E-state index contributed by atoms with van der Waals surface area (Å²) in [7, 11) is 0. The van der Waals surface area contributed by atoms with E-state index in [4.69, 9.17) is 4.98 Å². The molecule has 0 atom stereocenters. The van der Waals surface area contributed by atoms with Crippen molar-refractivity contribution < 1.29 is 4.79 Å². The van der Waals surface area contributed by atoms with Crippen molar-refractivity contribution in [2.75, 3.05) is 10.7 Å². The summed E-state index contributed by atoms with van der Waals surface area (Å²) in [5.41, 5.74) is 4.45. The second-order valence-electron chi connectivity index (χ2n) is 8.10. The molecule has 32 heavy (non-hydrogen) atoms. The zero-order valence-corrected chi connectivity index (χ0v) is 20.2. The zero-order chi connectivity index (χ0) is 22.5. The van der Waals surface area contributed by atoms with E-state index in [-0.39, 0.29) is 5.91 Å². The van der Waals surface area contributed by atoms with Gasteiger partial charge >= 0.3 is 0 Å².